The van der Waals surface area contributed by atoms with Gasteiger partial charge in [-0.1, -0.05) is 0 Å². The molecule has 0 spiro atoms. The Morgan fingerprint density at radius 2 is 2.05 bits per heavy atom. The molecule has 2 N–H and O–H groups in total. The molecule has 0 fully saturated rings. The minimum atomic E-state index is -4.01. The van der Waals surface area contributed by atoms with Gasteiger partial charge in [0.1, 0.15) is 0 Å². The minimum Gasteiger partial charge on any atom is -0.388 e. The first-order valence-electron chi connectivity index (χ1n) is 5.54. The van der Waals surface area contributed by atoms with Crippen LogP contribution in [0.4, 0.5) is 11.4 Å². The van der Waals surface area contributed by atoms with Crippen LogP contribution < -0.4 is 10.0 Å². The quantitative estimate of drug-likeness (QED) is 0.550. The summed E-state index contributed by atoms with van der Waals surface area (Å²) in [7, 11) is -3.59. The lowest BCUT2D eigenvalue weighted by Crippen LogP contribution is -2.28. The number of hydrogen-bond donors (Lipinski definition) is 2. The van der Waals surface area contributed by atoms with E-state index in [0.717, 1.165) is 12.1 Å². The Morgan fingerprint density at radius 3 is 2.55 bits per heavy atom. The standard InChI is InChI=1S/C10H15N3O5S2/c1-11-8-3-4-10(9(7-8)13(14)15)20(17,18)12-5-6-19(2)16/h3-4,7,11-12H,5-6H2,1-2H3. The second-order valence-electron chi connectivity index (χ2n) is 3.86. The summed E-state index contributed by atoms with van der Waals surface area (Å²) in [6.07, 6.45) is 1.44. The van der Waals surface area contributed by atoms with Gasteiger partial charge in [0, 0.05) is 48.2 Å². The number of rotatable bonds is 7. The lowest BCUT2D eigenvalue weighted by molar-refractivity contribution is -0.387. The predicted molar refractivity (Wildman–Crippen MR) is 76.8 cm³/mol. The molecule has 1 unspecified atom stereocenters. The van der Waals surface area contributed by atoms with E-state index in [4.69, 9.17) is 0 Å². The van der Waals surface area contributed by atoms with Crippen LogP contribution in [-0.2, 0) is 20.8 Å². The second-order valence-corrected chi connectivity index (χ2v) is 7.15. The summed E-state index contributed by atoms with van der Waals surface area (Å²) >= 11 is 0. The van der Waals surface area contributed by atoms with Crippen molar-refractivity contribution in [1.29, 1.82) is 0 Å². The van der Waals surface area contributed by atoms with Gasteiger partial charge in [-0.25, -0.2) is 13.1 Å². The number of benzene rings is 1. The highest BCUT2D eigenvalue weighted by Crippen LogP contribution is 2.26. The van der Waals surface area contributed by atoms with Crippen molar-refractivity contribution in [3.63, 3.8) is 0 Å². The van der Waals surface area contributed by atoms with Gasteiger partial charge in [0.15, 0.2) is 4.90 Å². The smallest absolute Gasteiger partial charge is 0.291 e. The minimum absolute atomic E-state index is 0.0453. The van der Waals surface area contributed by atoms with Crippen molar-refractivity contribution in [1.82, 2.24) is 4.72 Å². The van der Waals surface area contributed by atoms with E-state index in [1.165, 1.54) is 12.3 Å². The molecule has 0 saturated carbocycles. The molecular formula is C10H15N3O5S2. The Bertz CT molecular complexity index is 630. The summed E-state index contributed by atoms with van der Waals surface area (Å²) in [5.74, 6) is 0.141. The normalized spacial score (nSPS) is 12.9. The summed E-state index contributed by atoms with van der Waals surface area (Å²) in [4.78, 5) is 9.79. The lowest BCUT2D eigenvalue weighted by atomic mass is 10.3. The molecule has 20 heavy (non-hydrogen) atoms. The summed E-state index contributed by atoms with van der Waals surface area (Å²) in [5, 5.41) is 13.7. The number of nitrogens with zero attached hydrogens (tertiary/aromatic N) is 1. The van der Waals surface area contributed by atoms with Crippen molar-refractivity contribution < 1.29 is 17.6 Å². The molecule has 8 nitrogen and oxygen atoms in total. The molecule has 1 atom stereocenters. The largest absolute Gasteiger partial charge is 0.388 e. The Labute approximate surface area is 119 Å². The van der Waals surface area contributed by atoms with E-state index >= 15 is 0 Å². The highest BCUT2D eigenvalue weighted by molar-refractivity contribution is 7.89. The van der Waals surface area contributed by atoms with Crippen molar-refractivity contribution >= 4 is 32.2 Å². The van der Waals surface area contributed by atoms with E-state index in [0.29, 0.717) is 5.69 Å². The zero-order chi connectivity index (χ0) is 15.3. The van der Waals surface area contributed by atoms with Crippen LogP contribution in [0.2, 0.25) is 0 Å². The van der Waals surface area contributed by atoms with Crippen LogP contribution in [-0.4, -0.2) is 43.2 Å². The number of nitro benzene ring substituents is 1. The van der Waals surface area contributed by atoms with Crippen LogP contribution in [0.5, 0.6) is 0 Å². The molecule has 0 radical (unpaired) electrons. The average Bonchev–Trinajstić information content (AvgIpc) is 2.37. The predicted octanol–water partition coefficient (Wildman–Crippen LogP) is 0.293. The molecule has 0 aromatic heterocycles. The molecule has 0 aliphatic carbocycles. The van der Waals surface area contributed by atoms with E-state index in [1.807, 2.05) is 0 Å². The van der Waals surface area contributed by atoms with Gasteiger partial charge in [-0.05, 0) is 12.1 Å². The van der Waals surface area contributed by atoms with Crippen molar-refractivity contribution in [2.75, 3.05) is 30.9 Å². The zero-order valence-corrected chi connectivity index (χ0v) is 12.6. The lowest BCUT2D eigenvalue weighted by Gasteiger charge is -2.08. The molecule has 1 aromatic rings. The number of sulfonamides is 1. The second kappa shape index (κ2) is 6.77. The third-order valence-corrected chi connectivity index (χ3v) is 4.70. The van der Waals surface area contributed by atoms with Crippen LogP contribution in [0, 0.1) is 10.1 Å². The van der Waals surface area contributed by atoms with Crippen LogP contribution >= 0.6 is 0 Å². The summed E-state index contributed by atoms with van der Waals surface area (Å²) in [5.41, 5.74) is -0.0766. The highest BCUT2D eigenvalue weighted by Gasteiger charge is 2.25. The fraction of sp³-hybridized carbons (Fsp3) is 0.400. The number of hydrogen-bond acceptors (Lipinski definition) is 6. The van der Waals surface area contributed by atoms with E-state index in [2.05, 4.69) is 10.0 Å². The first kappa shape index (κ1) is 16.5. The molecule has 0 heterocycles. The summed E-state index contributed by atoms with van der Waals surface area (Å²) in [6, 6.07) is 3.74. The molecule has 0 aliphatic rings. The van der Waals surface area contributed by atoms with Gasteiger partial charge in [0.05, 0.1) is 4.92 Å². The van der Waals surface area contributed by atoms with Crippen molar-refractivity contribution in [2.24, 2.45) is 0 Å². The molecule has 0 bridgehead atoms. The van der Waals surface area contributed by atoms with Gasteiger partial charge in [0.2, 0.25) is 10.0 Å². The van der Waals surface area contributed by atoms with Crippen molar-refractivity contribution in [3.05, 3.63) is 28.3 Å². The Hall–Kier alpha value is -1.52. The maximum Gasteiger partial charge on any atom is 0.291 e. The van der Waals surface area contributed by atoms with Gasteiger partial charge >= 0.3 is 0 Å². The monoisotopic (exact) mass is 321 g/mol. The van der Waals surface area contributed by atoms with Gasteiger partial charge in [0.25, 0.3) is 5.69 Å². The highest BCUT2D eigenvalue weighted by atomic mass is 32.2. The Balaban J connectivity index is 3.11. The first-order valence-corrected chi connectivity index (χ1v) is 8.75. The van der Waals surface area contributed by atoms with E-state index in [1.54, 1.807) is 7.05 Å². The number of nitrogens with one attached hydrogen (secondary N) is 2. The van der Waals surface area contributed by atoms with Gasteiger partial charge < -0.3 is 5.32 Å². The summed E-state index contributed by atoms with van der Waals surface area (Å²) < 4.78 is 37.1. The van der Waals surface area contributed by atoms with Crippen molar-refractivity contribution in [3.8, 4) is 0 Å². The van der Waals surface area contributed by atoms with Gasteiger partial charge in [-0.3, -0.25) is 14.3 Å². The first-order chi connectivity index (χ1) is 9.27. The third kappa shape index (κ3) is 4.25. The topological polar surface area (TPSA) is 118 Å². The Morgan fingerprint density at radius 1 is 1.40 bits per heavy atom. The molecule has 0 amide bonds. The number of anilines is 1. The van der Waals surface area contributed by atoms with Crippen molar-refractivity contribution in [2.45, 2.75) is 4.90 Å². The molecule has 112 valence electrons. The van der Waals surface area contributed by atoms with Crippen LogP contribution in [0.1, 0.15) is 0 Å². The fourth-order valence-electron chi connectivity index (χ4n) is 1.44. The van der Waals surface area contributed by atoms with Crippen LogP contribution in [0.25, 0.3) is 0 Å². The average molecular weight is 321 g/mol. The molecule has 0 saturated heterocycles. The molecule has 0 aliphatic heterocycles. The Kier molecular flexibility index (Phi) is 5.60. The third-order valence-electron chi connectivity index (χ3n) is 2.42. The van der Waals surface area contributed by atoms with E-state index in [-0.39, 0.29) is 12.3 Å². The van der Waals surface area contributed by atoms with Gasteiger partial charge in [-0.15, -0.1) is 0 Å². The maximum atomic E-state index is 12.0. The van der Waals surface area contributed by atoms with Crippen LogP contribution in [0.15, 0.2) is 23.1 Å². The molecular weight excluding hydrogens is 306 g/mol. The van der Waals surface area contributed by atoms with Gasteiger partial charge in [-0.2, -0.15) is 0 Å². The van der Waals surface area contributed by atoms with E-state index in [9.17, 15) is 22.7 Å². The zero-order valence-electron chi connectivity index (χ0n) is 11.0. The molecule has 1 rings (SSSR count). The molecule has 10 heteroatoms. The SMILES string of the molecule is CNc1ccc(S(=O)(=O)NCCS(C)=O)c([N+](=O)[O-])c1. The summed E-state index contributed by atoms with van der Waals surface area (Å²) in [6.45, 7) is -0.0453. The molecule has 1 aromatic carbocycles. The fourth-order valence-corrected chi connectivity index (χ4v) is 3.14. The van der Waals surface area contributed by atoms with E-state index < -0.39 is 36.3 Å². The maximum absolute atomic E-state index is 12.0. The number of nitro groups is 1. The van der Waals surface area contributed by atoms with Crippen LogP contribution in [0.3, 0.4) is 0 Å².